The van der Waals surface area contributed by atoms with E-state index in [0.29, 0.717) is 18.2 Å². The van der Waals surface area contributed by atoms with Gasteiger partial charge in [-0.2, -0.15) is 0 Å². The Kier molecular flexibility index (Phi) is 6.43. The largest absolute Gasteiger partial charge is 0.478 e. The number of aromatic nitrogens is 1. The topological polar surface area (TPSA) is 105 Å². The molecule has 6 rings (SSSR count). The first kappa shape index (κ1) is 24.7. The molecule has 1 saturated carbocycles. The minimum Gasteiger partial charge on any atom is -0.478 e. The Balaban J connectivity index is 1.13. The highest BCUT2D eigenvalue weighted by atomic mass is 16.5. The van der Waals surface area contributed by atoms with Crippen LogP contribution in [-0.4, -0.2) is 45.4 Å². The maximum absolute atomic E-state index is 13.2. The average Bonchev–Trinajstić information content (AvgIpc) is 3.60. The second kappa shape index (κ2) is 9.91. The number of amides is 2. The molecule has 2 saturated heterocycles. The van der Waals surface area contributed by atoms with Gasteiger partial charge in [0.2, 0.25) is 0 Å². The molecule has 2 atom stereocenters. The van der Waals surface area contributed by atoms with Crippen LogP contribution < -0.4 is 5.32 Å². The van der Waals surface area contributed by atoms with Crippen molar-refractivity contribution in [2.75, 3.05) is 5.32 Å². The molecule has 3 heterocycles. The zero-order chi connectivity index (χ0) is 26.4. The van der Waals surface area contributed by atoms with E-state index in [-0.39, 0.29) is 29.8 Å². The molecule has 1 aromatic heterocycles. The molecule has 3 aliphatic rings. The first-order valence-corrected chi connectivity index (χ1v) is 13.5. The van der Waals surface area contributed by atoms with Crippen LogP contribution in [0.1, 0.15) is 77.3 Å². The lowest BCUT2D eigenvalue weighted by Gasteiger charge is -2.38. The van der Waals surface area contributed by atoms with Crippen LogP contribution >= 0.6 is 0 Å². The fraction of sp³-hybridized carbons (Fsp3) is 0.433. The van der Waals surface area contributed by atoms with Gasteiger partial charge in [-0.05, 0) is 81.7 Å². The van der Waals surface area contributed by atoms with E-state index in [2.05, 4.69) is 29.5 Å². The van der Waals surface area contributed by atoms with Gasteiger partial charge < -0.3 is 24.6 Å². The van der Waals surface area contributed by atoms with Crippen LogP contribution in [0, 0.1) is 13.8 Å². The molecule has 0 radical (unpaired) electrons. The van der Waals surface area contributed by atoms with Gasteiger partial charge in [0.15, 0.2) is 0 Å². The van der Waals surface area contributed by atoms with E-state index in [4.69, 9.17) is 9.26 Å². The Morgan fingerprint density at radius 1 is 1.05 bits per heavy atom. The molecule has 2 aromatic carbocycles. The summed E-state index contributed by atoms with van der Waals surface area (Å²) >= 11 is 0. The standard InChI is InChI=1S/C30H33N3O5/c1-17-5-3-4-6-24(17)27-25(28(38-32-27)19-7-8-19)16-37-23-14-21-10-11-22(15-23)33(21)30(36)31-26-12-9-20(29(34)35)13-18(26)2/h3-6,9,12-13,19,21-23H,7-8,10-11,14-16H2,1-2H3,(H,31,36)(H,34,35). The zero-order valence-corrected chi connectivity index (χ0v) is 21.8. The van der Waals surface area contributed by atoms with Crippen molar-refractivity contribution < 1.29 is 24.0 Å². The number of carboxylic acids is 1. The number of carboxylic acid groups (broad SMARTS) is 1. The molecule has 2 aliphatic heterocycles. The molecule has 0 spiro atoms. The summed E-state index contributed by atoms with van der Waals surface area (Å²) in [5.41, 5.74) is 5.77. The van der Waals surface area contributed by atoms with Crippen molar-refractivity contribution >= 4 is 17.7 Å². The number of piperidine rings is 1. The smallest absolute Gasteiger partial charge is 0.335 e. The van der Waals surface area contributed by atoms with Gasteiger partial charge in [0.25, 0.3) is 0 Å². The number of carbonyl (C=O) groups excluding carboxylic acids is 1. The number of aryl methyl sites for hydroxylation is 2. The predicted octanol–water partition coefficient (Wildman–Crippen LogP) is 6.28. The van der Waals surface area contributed by atoms with E-state index < -0.39 is 5.97 Å². The van der Waals surface area contributed by atoms with Crippen molar-refractivity contribution in [2.45, 2.75) is 83.1 Å². The van der Waals surface area contributed by atoms with Crippen LogP contribution in [0.3, 0.4) is 0 Å². The Morgan fingerprint density at radius 3 is 2.45 bits per heavy atom. The highest BCUT2D eigenvalue weighted by Crippen LogP contribution is 2.45. The van der Waals surface area contributed by atoms with Crippen LogP contribution in [0.2, 0.25) is 0 Å². The fourth-order valence-corrected chi connectivity index (χ4v) is 6.09. The van der Waals surface area contributed by atoms with E-state index in [1.54, 1.807) is 12.1 Å². The van der Waals surface area contributed by atoms with E-state index >= 15 is 0 Å². The second-order valence-corrected chi connectivity index (χ2v) is 10.9. The third kappa shape index (κ3) is 4.69. The number of anilines is 1. The number of nitrogens with one attached hydrogen (secondary N) is 1. The maximum Gasteiger partial charge on any atom is 0.335 e. The fourth-order valence-electron chi connectivity index (χ4n) is 6.09. The summed E-state index contributed by atoms with van der Waals surface area (Å²) in [6, 6.07) is 13.1. The quantitative estimate of drug-likeness (QED) is 0.384. The SMILES string of the molecule is Cc1cc(C(=O)O)ccc1NC(=O)N1C2CCC1CC(OCc1c(-c3ccccc3C)noc1C1CC1)C2. The molecule has 1 aliphatic carbocycles. The molecule has 198 valence electrons. The Bertz CT molecular complexity index is 1360. The summed E-state index contributed by atoms with van der Waals surface area (Å²) in [7, 11) is 0. The van der Waals surface area contributed by atoms with Crippen molar-refractivity contribution in [3.8, 4) is 11.3 Å². The Morgan fingerprint density at radius 2 is 1.79 bits per heavy atom. The lowest BCUT2D eigenvalue weighted by atomic mass is 9.99. The van der Waals surface area contributed by atoms with Gasteiger partial charge in [0, 0.05) is 34.8 Å². The molecule has 2 unspecified atom stereocenters. The molecule has 8 heteroatoms. The summed E-state index contributed by atoms with van der Waals surface area (Å²) in [4.78, 5) is 26.4. The molecule has 3 fully saturated rings. The lowest BCUT2D eigenvalue weighted by molar-refractivity contribution is -0.0158. The van der Waals surface area contributed by atoms with Gasteiger partial charge in [-0.1, -0.05) is 29.4 Å². The third-order valence-corrected chi connectivity index (χ3v) is 8.27. The molecule has 8 nitrogen and oxygen atoms in total. The van der Waals surface area contributed by atoms with Gasteiger partial charge in [-0.3, -0.25) is 0 Å². The van der Waals surface area contributed by atoms with E-state index in [1.165, 1.54) is 6.07 Å². The number of rotatable bonds is 7. The number of fused-ring (bicyclic) bond motifs is 2. The number of urea groups is 1. The van der Waals surface area contributed by atoms with Crippen molar-refractivity contribution in [2.24, 2.45) is 0 Å². The van der Waals surface area contributed by atoms with Crippen molar-refractivity contribution in [1.82, 2.24) is 10.1 Å². The second-order valence-electron chi connectivity index (χ2n) is 10.9. The van der Waals surface area contributed by atoms with Crippen LogP contribution in [0.5, 0.6) is 0 Å². The number of nitrogens with zero attached hydrogens (tertiary/aromatic N) is 2. The highest BCUT2D eigenvalue weighted by Gasteiger charge is 2.44. The number of aromatic carboxylic acids is 1. The van der Waals surface area contributed by atoms with Crippen molar-refractivity contribution in [3.63, 3.8) is 0 Å². The molecule has 2 N–H and O–H groups in total. The van der Waals surface area contributed by atoms with Gasteiger partial charge in [0.05, 0.1) is 18.3 Å². The van der Waals surface area contributed by atoms with Gasteiger partial charge in [-0.25, -0.2) is 9.59 Å². The van der Waals surface area contributed by atoms with E-state index in [0.717, 1.165) is 72.2 Å². The first-order valence-electron chi connectivity index (χ1n) is 13.5. The third-order valence-electron chi connectivity index (χ3n) is 8.27. The molecule has 38 heavy (non-hydrogen) atoms. The zero-order valence-electron chi connectivity index (χ0n) is 21.8. The predicted molar refractivity (Wildman–Crippen MR) is 142 cm³/mol. The Labute approximate surface area is 222 Å². The van der Waals surface area contributed by atoms with Gasteiger partial charge >= 0.3 is 12.0 Å². The first-order chi connectivity index (χ1) is 18.4. The summed E-state index contributed by atoms with van der Waals surface area (Å²) in [5.74, 6) is 0.425. The molecule has 2 amide bonds. The summed E-state index contributed by atoms with van der Waals surface area (Å²) in [6.07, 6.45) is 5.85. The highest BCUT2D eigenvalue weighted by molar-refractivity contribution is 5.93. The van der Waals surface area contributed by atoms with Crippen LogP contribution in [0.15, 0.2) is 47.0 Å². The molecular formula is C30H33N3O5. The molecule has 3 aromatic rings. The normalized spacial score (nSPS) is 22.5. The minimum absolute atomic E-state index is 0.0693. The summed E-state index contributed by atoms with van der Waals surface area (Å²) < 4.78 is 12.4. The number of hydrogen-bond donors (Lipinski definition) is 2. The monoisotopic (exact) mass is 515 g/mol. The van der Waals surface area contributed by atoms with Crippen molar-refractivity contribution in [3.05, 3.63) is 70.5 Å². The number of benzene rings is 2. The number of carbonyl (C=O) groups is 2. The molecule has 2 bridgehead atoms. The van der Waals surface area contributed by atoms with Gasteiger partial charge in [-0.15, -0.1) is 0 Å². The summed E-state index contributed by atoms with van der Waals surface area (Å²) in [5, 5.41) is 16.7. The number of hydrogen-bond acceptors (Lipinski definition) is 5. The van der Waals surface area contributed by atoms with Crippen LogP contribution in [0.4, 0.5) is 10.5 Å². The lowest BCUT2D eigenvalue weighted by Crippen LogP contribution is -2.50. The summed E-state index contributed by atoms with van der Waals surface area (Å²) in [6.45, 7) is 4.36. The van der Waals surface area contributed by atoms with E-state index in [9.17, 15) is 14.7 Å². The van der Waals surface area contributed by atoms with Gasteiger partial charge in [0.1, 0.15) is 11.5 Å². The number of ether oxygens (including phenoxy) is 1. The molecular weight excluding hydrogens is 482 g/mol. The van der Waals surface area contributed by atoms with E-state index in [1.807, 2.05) is 24.0 Å². The van der Waals surface area contributed by atoms with Crippen LogP contribution in [0.25, 0.3) is 11.3 Å². The Hall–Kier alpha value is -3.65. The average molecular weight is 516 g/mol. The van der Waals surface area contributed by atoms with Crippen LogP contribution in [-0.2, 0) is 11.3 Å². The maximum atomic E-state index is 13.2. The van der Waals surface area contributed by atoms with Crippen molar-refractivity contribution in [1.29, 1.82) is 0 Å². The minimum atomic E-state index is -0.979.